The number of carbonyl (C=O) groups is 1. The highest BCUT2D eigenvalue weighted by atomic mass is 16.5. The number of amides is 2. The zero-order chi connectivity index (χ0) is 13.0. The van der Waals surface area contributed by atoms with Crippen LogP contribution in [0.1, 0.15) is 12.8 Å². The summed E-state index contributed by atoms with van der Waals surface area (Å²) < 4.78 is 6.64. The largest absolute Gasteiger partial charge is 0.381 e. The number of anilines is 1. The van der Waals surface area contributed by atoms with Crippen LogP contribution in [0.4, 0.5) is 10.5 Å². The number of aromatic nitrogens is 1. The van der Waals surface area contributed by atoms with Crippen molar-refractivity contribution < 1.29 is 9.53 Å². The molecule has 6 nitrogen and oxygen atoms in total. The van der Waals surface area contributed by atoms with Crippen LogP contribution < -0.4 is 16.2 Å². The van der Waals surface area contributed by atoms with Crippen molar-refractivity contribution >= 4 is 11.7 Å². The number of carbonyl (C=O) groups excluding carboxylic acids is 1. The zero-order valence-electron chi connectivity index (χ0n) is 10.3. The number of pyridine rings is 1. The fourth-order valence-electron chi connectivity index (χ4n) is 1.86. The number of nitrogens with zero attached hydrogens (tertiary/aromatic N) is 1. The third-order valence-corrected chi connectivity index (χ3v) is 2.90. The van der Waals surface area contributed by atoms with Crippen molar-refractivity contribution in [1.29, 1.82) is 0 Å². The molecule has 98 valence electrons. The number of urea groups is 1. The summed E-state index contributed by atoms with van der Waals surface area (Å²) in [7, 11) is 1.64. The summed E-state index contributed by atoms with van der Waals surface area (Å²) in [5, 5.41) is 5.59. The first-order valence-electron chi connectivity index (χ1n) is 5.97. The first-order chi connectivity index (χ1) is 8.65. The number of aryl methyl sites for hydroxylation is 1. The Bertz CT molecular complexity index is 478. The van der Waals surface area contributed by atoms with Crippen LogP contribution in [0.5, 0.6) is 0 Å². The quantitative estimate of drug-likeness (QED) is 0.812. The van der Waals surface area contributed by atoms with Gasteiger partial charge in [0.15, 0.2) is 0 Å². The SMILES string of the molecule is Cn1cc(NC(=O)NC2CCOCC2)ccc1=O. The summed E-state index contributed by atoms with van der Waals surface area (Å²) in [6, 6.07) is 2.92. The highest BCUT2D eigenvalue weighted by Gasteiger charge is 2.15. The van der Waals surface area contributed by atoms with Crippen LogP contribution >= 0.6 is 0 Å². The van der Waals surface area contributed by atoms with E-state index in [1.165, 1.54) is 10.6 Å². The molecule has 2 rings (SSSR count). The van der Waals surface area contributed by atoms with Crippen LogP contribution in [0, 0.1) is 0 Å². The van der Waals surface area contributed by atoms with Crippen LogP contribution in [0.25, 0.3) is 0 Å². The van der Waals surface area contributed by atoms with Gasteiger partial charge in [-0.2, -0.15) is 0 Å². The van der Waals surface area contributed by atoms with E-state index < -0.39 is 0 Å². The van der Waals surface area contributed by atoms with Crippen molar-refractivity contribution in [3.05, 3.63) is 28.7 Å². The van der Waals surface area contributed by atoms with Gasteiger partial charge in [0.05, 0.1) is 5.69 Å². The van der Waals surface area contributed by atoms with E-state index in [0.717, 1.165) is 12.8 Å². The second kappa shape index (κ2) is 5.68. The zero-order valence-corrected chi connectivity index (χ0v) is 10.3. The molecule has 0 spiro atoms. The average molecular weight is 251 g/mol. The Kier molecular flexibility index (Phi) is 3.99. The van der Waals surface area contributed by atoms with Crippen LogP contribution in [0.2, 0.25) is 0 Å². The molecule has 0 unspecified atom stereocenters. The van der Waals surface area contributed by atoms with Crippen molar-refractivity contribution in [3.63, 3.8) is 0 Å². The van der Waals surface area contributed by atoms with E-state index in [2.05, 4.69) is 10.6 Å². The van der Waals surface area contributed by atoms with Gasteiger partial charge in [-0.05, 0) is 18.9 Å². The maximum Gasteiger partial charge on any atom is 0.319 e. The predicted octanol–water partition coefficient (Wildman–Crippen LogP) is 0.686. The van der Waals surface area contributed by atoms with Crippen molar-refractivity contribution in [2.45, 2.75) is 18.9 Å². The van der Waals surface area contributed by atoms with E-state index in [9.17, 15) is 9.59 Å². The molecule has 1 aromatic heterocycles. The maximum absolute atomic E-state index is 11.7. The minimum atomic E-state index is -0.249. The van der Waals surface area contributed by atoms with Crippen LogP contribution in [0.3, 0.4) is 0 Å². The van der Waals surface area contributed by atoms with E-state index in [1.54, 1.807) is 19.3 Å². The molecule has 0 aliphatic carbocycles. The molecule has 18 heavy (non-hydrogen) atoms. The fourth-order valence-corrected chi connectivity index (χ4v) is 1.86. The molecule has 0 radical (unpaired) electrons. The lowest BCUT2D eigenvalue weighted by atomic mass is 10.1. The molecule has 2 heterocycles. The van der Waals surface area contributed by atoms with Crippen LogP contribution in [0.15, 0.2) is 23.1 Å². The molecule has 0 aromatic carbocycles. The first-order valence-corrected chi connectivity index (χ1v) is 5.97. The third kappa shape index (κ3) is 3.33. The van der Waals surface area contributed by atoms with Gasteiger partial charge < -0.3 is 19.9 Å². The van der Waals surface area contributed by atoms with Gasteiger partial charge in [0, 0.05) is 38.6 Å². The van der Waals surface area contributed by atoms with Gasteiger partial charge in [-0.25, -0.2) is 4.79 Å². The van der Waals surface area contributed by atoms with Crippen molar-refractivity contribution in [2.75, 3.05) is 18.5 Å². The molecule has 1 aliphatic rings. The Labute approximate surface area is 105 Å². The molecule has 2 amide bonds. The number of hydrogen-bond acceptors (Lipinski definition) is 3. The summed E-state index contributed by atoms with van der Waals surface area (Å²) in [6.07, 6.45) is 3.26. The molecule has 1 fully saturated rings. The summed E-state index contributed by atoms with van der Waals surface area (Å²) >= 11 is 0. The molecule has 0 bridgehead atoms. The van der Waals surface area contributed by atoms with E-state index in [4.69, 9.17) is 4.74 Å². The number of nitrogens with one attached hydrogen (secondary N) is 2. The third-order valence-electron chi connectivity index (χ3n) is 2.90. The average Bonchev–Trinajstić information content (AvgIpc) is 2.35. The predicted molar refractivity (Wildman–Crippen MR) is 67.7 cm³/mol. The molecule has 1 aliphatic heterocycles. The van der Waals surface area contributed by atoms with E-state index in [-0.39, 0.29) is 17.6 Å². The Hall–Kier alpha value is -1.82. The van der Waals surface area contributed by atoms with Crippen molar-refractivity contribution in [1.82, 2.24) is 9.88 Å². The van der Waals surface area contributed by atoms with Gasteiger partial charge in [-0.15, -0.1) is 0 Å². The molecule has 1 aromatic rings. The van der Waals surface area contributed by atoms with Gasteiger partial charge in [0.1, 0.15) is 0 Å². The Morgan fingerprint density at radius 2 is 2.11 bits per heavy atom. The lowest BCUT2D eigenvalue weighted by molar-refractivity contribution is 0.0806. The second-order valence-electron chi connectivity index (χ2n) is 4.35. The molecule has 0 atom stereocenters. The second-order valence-corrected chi connectivity index (χ2v) is 4.35. The standard InChI is InChI=1S/C12H17N3O3/c1-15-8-10(2-3-11(15)16)14-12(17)13-9-4-6-18-7-5-9/h2-3,8-9H,4-7H2,1H3,(H2,13,14,17). The Balaban J connectivity index is 1.90. The number of ether oxygens (including phenoxy) is 1. The van der Waals surface area contributed by atoms with Gasteiger partial charge in [-0.1, -0.05) is 0 Å². The topological polar surface area (TPSA) is 72.4 Å². The Morgan fingerprint density at radius 3 is 2.78 bits per heavy atom. The summed E-state index contributed by atoms with van der Waals surface area (Å²) in [4.78, 5) is 22.9. The van der Waals surface area contributed by atoms with Crippen molar-refractivity contribution in [3.8, 4) is 0 Å². The molecule has 0 saturated carbocycles. The van der Waals surface area contributed by atoms with Crippen molar-refractivity contribution in [2.24, 2.45) is 7.05 Å². The molecule has 1 saturated heterocycles. The highest BCUT2D eigenvalue weighted by Crippen LogP contribution is 2.07. The van der Waals surface area contributed by atoms with Crippen LogP contribution in [-0.2, 0) is 11.8 Å². The van der Waals surface area contributed by atoms with Gasteiger partial charge in [0.2, 0.25) is 5.56 Å². The van der Waals surface area contributed by atoms with E-state index in [1.807, 2.05) is 0 Å². The maximum atomic E-state index is 11.7. The van der Waals surface area contributed by atoms with Crippen LogP contribution in [-0.4, -0.2) is 29.9 Å². The minimum Gasteiger partial charge on any atom is -0.381 e. The number of rotatable bonds is 2. The van der Waals surface area contributed by atoms with E-state index >= 15 is 0 Å². The molecule has 6 heteroatoms. The molecular formula is C12H17N3O3. The monoisotopic (exact) mass is 251 g/mol. The molecule has 2 N–H and O–H groups in total. The summed E-state index contributed by atoms with van der Waals surface area (Å²) in [5.74, 6) is 0. The lowest BCUT2D eigenvalue weighted by Crippen LogP contribution is -2.41. The van der Waals surface area contributed by atoms with Gasteiger partial charge in [0.25, 0.3) is 0 Å². The number of hydrogen-bond donors (Lipinski definition) is 2. The lowest BCUT2D eigenvalue weighted by Gasteiger charge is -2.23. The fraction of sp³-hybridized carbons (Fsp3) is 0.500. The molecular weight excluding hydrogens is 234 g/mol. The summed E-state index contributed by atoms with van der Waals surface area (Å²) in [6.45, 7) is 1.37. The smallest absolute Gasteiger partial charge is 0.319 e. The highest BCUT2D eigenvalue weighted by molar-refractivity contribution is 5.89. The van der Waals surface area contributed by atoms with Gasteiger partial charge in [-0.3, -0.25) is 4.79 Å². The van der Waals surface area contributed by atoms with Gasteiger partial charge >= 0.3 is 6.03 Å². The Morgan fingerprint density at radius 1 is 1.39 bits per heavy atom. The summed E-state index contributed by atoms with van der Waals surface area (Å²) in [5.41, 5.74) is 0.493. The normalized spacial score (nSPS) is 16.3. The minimum absolute atomic E-state index is 0.106. The first kappa shape index (κ1) is 12.6. The van der Waals surface area contributed by atoms with E-state index in [0.29, 0.717) is 18.9 Å².